The lowest BCUT2D eigenvalue weighted by Crippen LogP contribution is -2.05. The summed E-state index contributed by atoms with van der Waals surface area (Å²) in [5.41, 5.74) is 7.70. The van der Waals surface area contributed by atoms with Gasteiger partial charge in [-0.1, -0.05) is 19.1 Å². The van der Waals surface area contributed by atoms with Crippen LogP contribution in [0.15, 0.2) is 24.3 Å². The number of hydrogen-bond acceptors (Lipinski definition) is 4. The van der Waals surface area contributed by atoms with Crippen LogP contribution in [-0.2, 0) is 0 Å². The minimum atomic E-state index is 0.270. The van der Waals surface area contributed by atoms with Crippen LogP contribution in [0.1, 0.15) is 32.4 Å². The van der Waals surface area contributed by atoms with Crippen LogP contribution in [0.2, 0.25) is 0 Å². The summed E-state index contributed by atoms with van der Waals surface area (Å²) in [7, 11) is 0. The Morgan fingerprint density at radius 3 is 2.50 bits per heavy atom. The Balaban J connectivity index is 2.37. The van der Waals surface area contributed by atoms with E-state index in [1.54, 1.807) is 4.68 Å². The molecule has 2 rings (SSSR count). The van der Waals surface area contributed by atoms with Gasteiger partial charge in [0.2, 0.25) is 0 Å². The molecule has 18 heavy (non-hydrogen) atoms. The maximum atomic E-state index is 5.84. The van der Waals surface area contributed by atoms with E-state index in [1.165, 1.54) is 0 Å². The third-order valence-electron chi connectivity index (χ3n) is 2.67. The molecule has 0 aliphatic rings. The fourth-order valence-electron chi connectivity index (χ4n) is 1.88. The molecule has 0 saturated heterocycles. The van der Waals surface area contributed by atoms with E-state index < -0.39 is 0 Å². The van der Waals surface area contributed by atoms with Crippen LogP contribution in [0.5, 0.6) is 5.75 Å². The molecule has 0 radical (unpaired) electrons. The first-order valence-corrected chi connectivity index (χ1v) is 6.07. The number of benzene rings is 1. The van der Waals surface area contributed by atoms with Crippen LogP contribution in [-0.4, -0.2) is 21.6 Å². The lowest BCUT2D eigenvalue weighted by Gasteiger charge is -2.10. The van der Waals surface area contributed by atoms with Gasteiger partial charge in [0.25, 0.3) is 0 Å². The zero-order valence-corrected chi connectivity index (χ0v) is 10.9. The van der Waals surface area contributed by atoms with E-state index in [-0.39, 0.29) is 5.92 Å². The highest BCUT2D eigenvalue weighted by Crippen LogP contribution is 2.23. The van der Waals surface area contributed by atoms with Crippen LogP contribution in [0.25, 0.3) is 5.69 Å². The molecule has 0 aliphatic carbocycles. The Kier molecular flexibility index (Phi) is 3.50. The Labute approximate surface area is 107 Å². The van der Waals surface area contributed by atoms with E-state index >= 15 is 0 Å². The van der Waals surface area contributed by atoms with Gasteiger partial charge in [0, 0.05) is 0 Å². The predicted octanol–water partition coefficient (Wildman–Crippen LogP) is 2.37. The Morgan fingerprint density at radius 2 is 1.94 bits per heavy atom. The van der Waals surface area contributed by atoms with Gasteiger partial charge in [-0.05, 0) is 37.1 Å². The third kappa shape index (κ3) is 2.30. The molecule has 5 heteroatoms. The minimum Gasteiger partial charge on any atom is -0.494 e. The van der Waals surface area contributed by atoms with Gasteiger partial charge in [-0.15, -0.1) is 5.10 Å². The molecule has 2 aromatic rings. The number of aromatic nitrogens is 3. The van der Waals surface area contributed by atoms with Crippen molar-refractivity contribution in [2.75, 3.05) is 12.3 Å². The normalized spacial score (nSPS) is 10.9. The molecule has 0 saturated carbocycles. The molecule has 0 spiro atoms. The van der Waals surface area contributed by atoms with Crippen LogP contribution in [0.3, 0.4) is 0 Å². The number of nitrogens with zero attached hydrogens (tertiary/aromatic N) is 3. The average molecular weight is 246 g/mol. The highest BCUT2D eigenvalue weighted by molar-refractivity contribution is 5.44. The minimum absolute atomic E-state index is 0.270. The maximum Gasteiger partial charge on any atom is 0.169 e. The van der Waals surface area contributed by atoms with Crippen molar-refractivity contribution >= 4 is 5.82 Å². The molecule has 0 amide bonds. The van der Waals surface area contributed by atoms with Gasteiger partial charge >= 0.3 is 0 Å². The number of nitrogen functional groups attached to an aromatic ring is 1. The molecule has 0 unspecified atom stereocenters. The van der Waals surface area contributed by atoms with Crippen molar-refractivity contribution in [3.63, 3.8) is 0 Å². The van der Waals surface area contributed by atoms with Gasteiger partial charge in [0.15, 0.2) is 5.82 Å². The van der Waals surface area contributed by atoms with E-state index in [0.717, 1.165) is 17.1 Å². The molecule has 0 atom stereocenters. The predicted molar refractivity (Wildman–Crippen MR) is 71.0 cm³/mol. The first-order valence-electron chi connectivity index (χ1n) is 6.07. The number of nitrogens with two attached hydrogens (primary N) is 1. The maximum absolute atomic E-state index is 5.84. The van der Waals surface area contributed by atoms with Crippen LogP contribution in [0.4, 0.5) is 5.82 Å². The summed E-state index contributed by atoms with van der Waals surface area (Å²) in [5, 5.41) is 8.02. The molecule has 1 heterocycles. The van der Waals surface area contributed by atoms with Crippen LogP contribution < -0.4 is 10.5 Å². The van der Waals surface area contributed by atoms with E-state index in [1.807, 2.05) is 31.2 Å². The number of anilines is 1. The summed E-state index contributed by atoms with van der Waals surface area (Å²) >= 11 is 0. The quantitative estimate of drug-likeness (QED) is 0.899. The van der Waals surface area contributed by atoms with Gasteiger partial charge in [0.05, 0.1) is 18.0 Å². The van der Waals surface area contributed by atoms with E-state index in [4.69, 9.17) is 10.5 Å². The van der Waals surface area contributed by atoms with Gasteiger partial charge in [0.1, 0.15) is 5.75 Å². The topological polar surface area (TPSA) is 66.0 Å². The van der Waals surface area contributed by atoms with Crippen molar-refractivity contribution < 1.29 is 4.74 Å². The van der Waals surface area contributed by atoms with Gasteiger partial charge in [-0.3, -0.25) is 0 Å². The molecular formula is C13H18N4O. The smallest absolute Gasteiger partial charge is 0.169 e. The summed E-state index contributed by atoms with van der Waals surface area (Å²) in [6.07, 6.45) is 0. The van der Waals surface area contributed by atoms with Gasteiger partial charge in [-0.2, -0.15) is 0 Å². The summed E-state index contributed by atoms with van der Waals surface area (Å²) in [4.78, 5) is 0. The lowest BCUT2D eigenvalue weighted by molar-refractivity contribution is 0.340. The fraction of sp³-hybridized carbons (Fsp3) is 0.385. The van der Waals surface area contributed by atoms with E-state index in [2.05, 4.69) is 24.2 Å². The molecule has 2 N–H and O–H groups in total. The van der Waals surface area contributed by atoms with Crippen molar-refractivity contribution in [3.8, 4) is 11.4 Å². The first kappa shape index (κ1) is 12.4. The molecule has 0 fully saturated rings. The average Bonchev–Trinajstić information content (AvgIpc) is 2.73. The third-order valence-corrected chi connectivity index (χ3v) is 2.67. The summed E-state index contributed by atoms with van der Waals surface area (Å²) in [5.74, 6) is 1.60. The highest BCUT2D eigenvalue weighted by Gasteiger charge is 2.14. The number of rotatable bonds is 4. The van der Waals surface area contributed by atoms with Crippen molar-refractivity contribution in [1.29, 1.82) is 0 Å². The van der Waals surface area contributed by atoms with Crippen LogP contribution in [0, 0.1) is 0 Å². The molecule has 1 aromatic heterocycles. The van der Waals surface area contributed by atoms with Crippen molar-refractivity contribution in [2.24, 2.45) is 0 Å². The fourth-order valence-corrected chi connectivity index (χ4v) is 1.88. The second-order valence-electron chi connectivity index (χ2n) is 4.35. The number of hydrogen-bond donors (Lipinski definition) is 1. The van der Waals surface area contributed by atoms with Gasteiger partial charge < -0.3 is 10.5 Å². The van der Waals surface area contributed by atoms with E-state index in [9.17, 15) is 0 Å². The largest absolute Gasteiger partial charge is 0.494 e. The molecule has 0 bridgehead atoms. The second-order valence-corrected chi connectivity index (χ2v) is 4.35. The Morgan fingerprint density at radius 1 is 1.28 bits per heavy atom. The Bertz CT molecular complexity index is 516. The van der Waals surface area contributed by atoms with Crippen LogP contribution >= 0.6 is 0 Å². The molecular weight excluding hydrogens is 228 g/mol. The summed E-state index contributed by atoms with van der Waals surface area (Å²) < 4.78 is 7.18. The standard InChI is InChI=1S/C13H18N4O/c1-4-18-11-7-5-10(6-8-11)17-12(9(2)3)13(14)15-16-17/h5-9H,4,14H2,1-3H3. The molecule has 5 nitrogen and oxygen atoms in total. The molecule has 1 aromatic carbocycles. The number of ether oxygens (including phenoxy) is 1. The lowest BCUT2D eigenvalue weighted by atomic mass is 10.1. The molecule has 96 valence electrons. The molecule has 0 aliphatic heterocycles. The van der Waals surface area contributed by atoms with E-state index in [0.29, 0.717) is 12.4 Å². The zero-order valence-electron chi connectivity index (χ0n) is 10.9. The van der Waals surface area contributed by atoms with Crippen molar-refractivity contribution in [3.05, 3.63) is 30.0 Å². The Hall–Kier alpha value is -2.04. The monoisotopic (exact) mass is 246 g/mol. The van der Waals surface area contributed by atoms with Gasteiger partial charge in [-0.25, -0.2) is 4.68 Å². The van der Waals surface area contributed by atoms with Crippen molar-refractivity contribution in [1.82, 2.24) is 15.0 Å². The summed E-state index contributed by atoms with van der Waals surface area (Å²) in [6.45, 7) is 6.76. The first-order chi connectivity index (χ1) is 8.63. The summed E-state index contributed by atoms with van der Waals surface area (Å²) in [6, 6.07) is 7.73. The highest BCUT2D eigenvalue weighted by atomic mass is 16.5. The SMILES string of the molecule is CCOc1ccc(-n2nnc(N)c2C(C)C)cc1. The van der Waals surface area contributed by atoms with Crippen molar-refractivity contribution in [2.45, 2.75) is 26.7 Å². The second kappa shape index (κ2) is 5.08. The zero-order chi connectivity index (χ0) is 13.1.